The number of halogens is 2. The lowest BCUT2D eigenvalue weighted by atomic mass is 9.98. The molecule has 1 aromatic carbocycles. The van der Waals surface area contributed by atoms with Crippen molar-refractivity contribution in [2.45, 2.75) is 48.2 Å². The van der Waals surface area contributed by atoms with Crippen molar-refractivity contribution in [3.8, 4) is 5.88 Å². The summed E-state index contributed by atoms with van der Waals surface area (Å²) in [5.41, 5.74) is 0.633. The molecule has 2 aliphatic rings. The van der Waals surface area contributed by atoms with Crippen LogP contribution < -0.4 is 10.1 Å². The number of nitrogens with zero attached hydrogens (tertiary/aromatic N) is 2. The zero-order valence-corrected chi connectivity index (χ0v) is 20.8. The van der Waals surface area contributed by atoms with Crippen molar-refractivity contribution in [1.82, 2.24) is 9.97 Å². The van der Waals surface area contributed by atoms with Gasteiger partial charge in [0.15, 0.2) is 15.7 Å². The Kier molecular flexibility index (Phi) is 8.05. The summed E-state index contributed by atoms with van der Waals surface area (Å²) in [6.07, 6.45) is 4.39. The molecule has 11 heteroatoms. The molecule has 2 saturated carbocycles. The lowest BCUT2D eigenvalue weighted by molar-refractivity contribution is -0.111. The molecule has 0 radical (unpaired) electrons. The lowest BCUT2D eigenvalue weighted by Gasteiger charge is -2.13. The quantitative estimate of drug-likeness (QED) is 0.367. The number of alkyl halides is 2. The number of hydrogen-bond acceptors (Lipinski definition) is 7. The highest BCUT2D eigenvalue weighted by molar-refractivity contribution is 7.98. The molecule has 1 heterocycles. The number of carbonyl (C=O) groups excluding carboxylic acids is 1. The fourth-order valence-electron chi connectivity index (χ4n) is 3.91. The first-order valence-electron chi connectivity index (χ1n) is 11.4. The van der Waals surface area contributed by atoms with E-state index in [0.29, 0.717) is 30.9 Å². The normalized spacial score (nSPS) is 22.7. The Morgan fingerprint density at radius 3 is 2.40 bits per heavy atom. The van der Waals surface area contributed by atoms with E-state index in [1.807, 2.05) is 6.26 Å². The summed E-state index contributed by atoms with van der Waals surface area (Å²) < 4.78 is 58.0. The summed E-state index contributed by atoms with van der Waals surface area (Å²) >= 11 is 1.64. The molecule has 0 saturated heterocycles. The molecular formula is C24H27F2N3O4S2. The minimum absolute atomic E-state index is 0.0199. The molecule has 7 nitrogen and oxygen atoms in total. The summed E-state index contributed by atoms with van der Waals surface area (Å²) in [4.78, 5) is 21.6. The van der Waals surface area contributed by atoms with Crippen LogP contribution in [0.4, 0.5) is 14.6 Å². The lowest BCUT2D eigenvalue weighted by Crippen LogP contribution is -2.16. The SMILES string of the molecule is CSCCOc1cnc(NC(=O)/C(=C/C2C[C@@H](F)[C@@H](F)C2)c2ccc(S(=O)(=O)C3CC3)cc2)cn1. The molecule has 0 spiro atoms. The highest BCUT2D eigenvalue weighted by Crippen LogP contribution is 2.36. The van der Waals surface area contributed by atoms with Gasteiger partial charge in [0, 0.05) is 11.3 Å². The van der Waals surface area contributed by atoms with E-state index in [9.17, 15) is 22.0 Å². The van der Waals surface area contributed by atoms with E-state index in [1.165, 1.54) is 24.5 Å². The van der Waals surface area contributed by atoms with Gasteiger partial charge in [0.05, 0.1) is 29.1 Å². The van der Waals surface area contributed by atoms with Gasteiger partial charge in [-0.1, -0.05) is 18.2 Å². The summed E-state index contributed by atoms with van der Waals surface area (Å²) in [5.74, 6) is 0.314. The number of amides is 1. The Hall–Kier alpha value is -2.53. The summed E-state index contributed by atoms with van der Waals surface area (Å²) in [5, 5.41) is 2.31. The number of allylic oxidation sites excluding steroid dienone is 1. The van der Waals surface area contributed by atoms with Crippen LogP contribution in [0.2, 0.25) is 0 Å². The van der Waals surface area contributed by atoms with Crippen LogP contribution in [0.3, 0.4) is 0 Å². The highest BCUT2D eigenvalue weighted by atomic mass is 32.2. The second-order valence-electron chi connectivity index (χ2n) is 8.65. The number of nitrogens with one attached hydrogen (secondary N) is 1. The van der Waals surface area contributed by atoms with Gasteiger partial charge < -0.3 is 10.1 Å². The molecule has 4 rings (SSSR count). The maximum Gasteiger partial charge on any atom is 0.257 e. The molecule has 1 N–H and O–H groups in total. The number of sulfone groups is 1. The molecule has 1 amide bonds. The molecule has 1 aromatic heterocycles. The Labute approximate surface area is 207 Å². The zero-order valence-electron chi connectivity index (χ0n) is 19.2. The van der Waals surface area contributed by atoms with Gasteiger partial charge in [-0.05, 0) is 55.6 Å². The van der Waals surface area contributed by atoms with Gasteiger partial charge in [-0.25, -0.2) is 27.2 Å². The fraction of sp³-hybridized carbons (Fsp3) is 0.458. The number of hydrogen-bond donors (Lipinski definition) is 1. The minimum atomic E-state index is -3.38. The molecule has 3 atom stereocenters. The van der Waals surface area contributed by atoms with E-state index in [-0.39, 0.29) is 34.4 Å². The van der Waals surface area contributed by atoms with Crippen LogP contribution in [-0.2, 0) is 14.6 Å². The molecule has 35 heavy (non-hydrogen) atoms. The number of carbonyl (C=O) groups is 1. The van der Waals surface area contributed by atoms with E-state index in [1.54, 1.807) is 30.0 Å². The van der Waals surface area contributed by atoms with Crippen molar-refractivity contribution in [3.05, 3.63) is 48.3 Å². The molecule has 0 aliphatic heterocycles. The smallest absolute Gasteiger partial charge is 0.257 e. The molecule has 2 aliphatic carbocycles. The van der Waals surface area contributed by atoms with E-state index < -0.39 is 34.0 Å². The van der Waals surface area contributed by atoms with E-state index in [4.69, 9.17) is 4.74 Å². The second kappa shape index (κ2) is 11.0. The fourth-order valence-corrected chi connectivity index (χ4v) is 5.82. The van der Waals surface area contributed by atoms with Gasteiger partial charge in [0.1, 0.15) is 12.3 Å². The second-order valence-corrected chi connectivity index (χ2v) is 11.9. The van der Waals surface area contributed by atoms with Gasteiger partial charge in [-0.15, -0.1) is 0 Å². The molecular weight excluding hydrogens is 496 g/mol. The first-order chi connectivity index (χ1) is 16.8. The first kappa shape index (κ1) is 25.6. The topological polar surface area (TPSA) is 98.2 Å². The third-order valence-electron chi connectivity index (χ3n) is 5.96. The average molecular weight is 524 g/mol. The summed E-state index contributed by atoms with van der Waals surface area (Å²) in [6, 6.07) is 6.03. The maximum atomic E-state index is 13.8. The van der Waals surface area contributed by atoms with E-state index in [2.05, 4.69) is 15.3 Å². The van der Waals surface area contributed by atoms with Crippen LogP contribution in [-0.4, -0.2) is 60.5 Å². The van der Waals surface area contributed by atoms with Gasteiger partial charge in [-0.3, -0.25) is 4.79 Å². The van der Waals surface area contributed by atoms with Crippen molar-refractivity contribution < 1.29 is 26.7 Å². The van der Waals surface area contributed by atoms with Crippen molar-refractivity contribution >= 4 is 38.9 Å². The maximum absolute atomic E-state index is 13.8. The molecule has 2 fully saturated rings. The Morgan fingerprint density at radius 2 is 1.83 bits per heavy atom. The van der Waals surface area contributed by atoms with Crippen LogP contribution in [0, 0.1) is 5.92 Å². The average Bonchev–Trinajstić information content (AvgIpc) is 3.65. The predicted octanol–water partition coefficient (Wildman–Crippen LogP) is 4.26. The molecule has 188 valence electrons. The minimum Gasteiger partial charge on any atom is -0.476 e. The largest absolute Gasteiger partial charge is 0.476 e. The highest BCUT2D eigenvalue weighted by Gasteiger charge is 2.37. The predicted molar refractivity (Wildman–Crippen MR) is 132 cm³/mol. The Morgan fingerprint density at radius 1 is 1.14 bits per heavy atom. The van der Waals surface area contributed by atoms with Gasteiger partial charge >= 0.3 is 0 Å². The van der Waals surface area contributed by atoms with Crippen molar-refractivity contribution in [2.24, 2.45) is 5.92 Å². The van der Waals surface area contributed by atoms with E-state index >= 15 is 0 Å². The molecule has 1 unspecified atom stereocenters. The van der Waals surface area contributed by atoms with Crippen LogP contribution >= 0.6 is 11.8 Å². The van der Waals surface area contributed by atoms with Crippen LogP contribution in [0.15, 0.2) is 47.6 Å². The van der Waals surface area contributed by atoms with Crippen molar-refractivity contribution in [2.75, 3.05) is 23.9 Å². The number of benzene rings is 1. The van der Waals surface area contributed by atoms with Gasteiger partial charge in [-0.2, -0.15) is 11.8 Å². The third kappa shape index (κ3) is 6.38. The standard InChI is InChI=1S/C24H27F2N3O4S2/c1-34-9-8-33-23-14-27-22(13-28-23)29-24(30)19(10-15-11-20(25)21(26)12-15)16-2-4-17(5-3-16)35(31,32)18-6-7-18/h2-5,10,13-15,18,20-21H,6-9,11-12H2,1H3,(H,27,29,30)/b19-10+/t15?,20-,21+. The third-order valence-corrected chi connectivity index (χ3v) is 8.81. The van der Waals surface area contributed by atoms with Crippen molar-refractivity contribution in [3.63, 3.8) is 0 Å². The molecule has 0 bridgehead atoms. The number of anilines is 1. The first-order valence-corrected chi connectivity index (χ1v) is 14.3. The zero-order chi connectivity index (χ0) is 25.0. The van der Waals surface area contributed by atoms with Gasteiger partial charge in [0.25, 0.3) is 5.91 Å². The number of aromatic nitrogens is 2. The monoisotopic (exact) mass is 523 g/mol. The van der Waals surface area contributed by atoms with Crippen LogP contribution in [0.1, 0.15) is 31.2 Å². The summed E-state index contributed by atoms with van der Waals surface area (Å²) in [7, 11) is -3.38. The number of rotatable bonds is 10. The van der Waals surface area contributed by atoms with E-state index in [0.717, 1.165) is 5.75 Å². The van der Waals surface area contributed by atoms with Gasteiger partial charge in [0.2, 0.25) is 5.88 Å². The van der Waals surface area contributed by atoms with Crippen LogP contribution in [0.5, 0.6) is 5.88 Å². The van der Waals surface area contributed by atoms with Crippen LogP contribution in [0.25, 0.3) is 5.57 Å². The summed E-state index contributed by atoms with van der Waals surface area (Å²) in [6.45, 7) is 0.480. The number of ether oxygens (including phenoxy) is 1. The Balaban J connectivity index is 1.54. The number of thioether (sulfide) groups is 1. The molecule has 2 aromatic rings. The van der Waals surface area contributed by atoms with Crippen molar-refractivity contribution in [1.29, 1.82) is 0 Å². The Bertz CT molecular complexity index is 1160.